The Labute approximate surface area is 243 Å². The molecule has 3 fully saturated rings. The lowest BCUT2D eigenvalue weighted by Crippen LogP contribution is -2.40. The quantitative estimate of drug-likeness (QED) is 0.379. The van der Waals surface area contributed by atoms with Gasteiger partial charge in [-0.15, -0.1) is 0 Å². The van der Waals surface area contributed by atoms with E-state index >= 15 is 0 Å². The molecule has 1 aromatic carbocycles. The van der Waals surface area contributed by atoms with Crippen molar-refractivity contribution in [3.63, 3.8) is 0 Å². The van der Waals surface area contributed by atoms with Crippen LogP contribution in [0.3, 0.4) is 0 Å². The molecule has 1 amide bonds. The van der Waals surface area contributed by atoms with Crippen LogP contribution in [0.5, 0.6) is 5.75 Å². The summed E-state index contributed by atoms with van der Waals surface area (Å²) in [4.78, 5) is 35.8. The van der Waals surface area contributed by atoms with Gasteiger partial charge in [-0.05, 0) is 55.7 Å². The van der Waals surface area contributed by atoms with Gasteiger partial charge in [-0.3, -0.25) is 4.79 Å². The third-order valence-corrected chi connectivity index (χ3v) is 8.54. The van der Waals surface area contributed by atoms with Gasteiger partial charge in [-0.2, -0.15) is 4.98 Å². The molecule has 6 rings (SSSR count). The highest BCUT2D eigenvalue weighted by Crippen LogP contribution is 2.54. The Bertz CT molecular complexity index is 1430. The number of carbonyl (C=O) groups excluding carboxylic acids is 1. The summed E-state index contributed by atoms with van der Waals surface area (Å²) >= 11 is 0. The van der Waals surface area contributed by atoms with Crippen LogP contribution < -0.4 is 25.2 Å². The van der Waals surface area contributed by atoms with Crippen molar-refractivity contribution in [2.75, 3.05) is 53.7 Å². The first-order chi connectivity index (χ1) is 20.2. The third kappa shape index (κ3) is 6.37. The molecule has 2 saturated heterocycles. The summed E-state index contributed by atoms with van der Waals surface area (Å²) in [5.74, 6) is -0.576. The minimum atomic E-state index is -2.67. The molecule has 1 aliphatic carbocycles. The summed E-state index contributed by atoms with van der Waals surface area (Å²) in [5, 5.41) is 6.19. The second kappa shape index (κ2) is 11.3. The normalized spacial score (nSPS) is 19.0. The van der Waals surface area contributed by atoms with Crippen molar-refractivity contribution in [2.45, 2.75) is 57.9 Å². The Morgan fingerprint density at radius 3 is 2.29 bits per heavy atom. The van der Waals surface area contributed by atoms with E-state index in [1.54, 1.807) is 31.2 Å². The van der Waals surface area contributed by atoms with Crippen LogP contribution in [0.25, 0.3) is 0 Å². The number of anilines is 4. The molecular formula is C30H36F2N8O2. The van der Waals surface area contributed by atoms with E-state index in [0.29, 0.717) is 41.1 Å². The lowest BCUT2D eigenvalue weighted by molar-refractivity contribution is -0.0222. The van der Waals surface area contributed by atoms with Gasteiger partial charge in [0, 0.05) is 57.3 Å². The van der Waals surface area contributed by atoms with E-state index in [1.807, 2.05) is 24.3 Å². The van der Waals surface area contributed by atoms with E-state index < -0.39 is 11.8 Å². The number of carbonyl (C=O) groups is 1. The fourth-order valence-electron chi connectivity index (χ4n) is 5.62. The highest BCUT2D eigenvalue weighted by Gasteiger charge is 2.45. The van der Waals surface area contributed by atoms with Crippen molar-refractivity contribution in [1.29, 1.82) is 0 Å². The summed E-state index contributed by atoms with van der Waals surface area (Å²) in [6.45, 7) is 4.26. The summed E-state index contributed by atoms with van der Waals surface area (Å²) in [7, 11) is 1.64. The molecule has 1 spiro atoms. The number of ether oxygens (including phenoxy) is 1. The maximum atomic E-state index is 13.7. The van der Waals surface area contributed by atoms with Gasteiger partial charge in [0.05, 0.1) is 13.3 Å². The smallest absolute Gasteiger partial charge is 0.279 e. The molecular weight excluding hydrogens is 542 g/mol. The second-order valence-corrected chi connectivity index (χ2v) is 11.6. The van der Waals surface area contributed by atoms with E-state index in [0.717, 1.165) is 37.2 Å². The molecule has 3 aliphatic rings. The number of nitrogens with one attached hydrogen (secondary N) is 2. The van der Waals surface area contributed by atoms with Crippen LogP contribution in [0.2, 0.25) is 0 Å². The Hall–Kier alpha value is -4.09. The summed E-state index contributed by atoms with van der Waals surface area (Å²) in [5.41, 5.74) is 2.36. The van der Waals surface area contributed by atoms with Crippen molar-refractivity contribution >= 4 is 29.3 Å². The molecule has 2 aromatic heterocycles. The van der Waals surface area contributed by atoms with Gasteiger partial charge < -0.3 is 25.2 Å². The molecule has 1 saturated carbocycles. The zero-order chi connectivity index (χ0) is 29.3. The number of amides is 1. The van der Waals surface area contributed by atoms with Crippen LogP contribution in [-0.2, 0) is 6.54 Å². The van der Waals surface area contributed by atoms with Crippen LogP contribution in [0, 0.1) is 12.3 Å². The summed E-state index contributed by atoms with van der Waals surface area (Å²) in [6.07, 6.45) is 5.76. The second-order valence-electron chi connectivity index (χ2n) is 11.6. The number of piperidine rings is 2. The van der Waals surface area contributed by atoms with Crippen molar-refractivity contribution in [3.8, 4) is 5.75 Å². The SMILES string of the molecule is COc1ccc(CNc2cnc(C(=O)Nc3cc(C)nc(N4CCC(F)(F)CC4)n3)c(N3CCC4(CC3)CC4)n2)cc1. The fraction of sp³-hybridized carbons (Fsp3) is 0.500. The Kier molecular flexibility index (Phi) is 7.54. The molecule has 222 valence electrons. The van der Waals surface area contributed by atoms with Crippen LogP contribution in [0.4, 0.5) is 32.2 Å². The fourth-order valence-corrected chi connectivity index (χ4v) is 5.62. The number of methoxy groups -OCH3 is 1. The molecule has 42 heavy (non-hydrogen) atoms. The zero-order valence-electron chi connectivity index (χ0n) is 24.0. The zero-order valence-corrected chi connectivity index (χ0v) is 24.0. The minimum Gasteiger partial charge on any atom is -0.497 e. The number of nitrogens with zero attached hydrogens (tertiary/aromatic N) is 6. The number of aryl methyl sites for hydroxylation is 1. The van der Waals surface area contributed by atoms with Crippen molar-refractivity contribution in [3.05, 3.63) is 53.5 Å². The van der Waals surface area contributed by atoms with Gasteiger partial charge in [0.1, 0.15) is 17.4 Å². The largest absolute Gasteiger partial charge is 0.497 e. The standard InChI is InChI=1S/C30H36F2N8O2/c1-20-17-23(38-28(35-20)40-15-11-30(31,32)12-16-40)37-27(41)25-26(39-13-9-29(7-8-29)10-14-39)36-24(19-34-25)33-18-21-3-5-22(42-2)6-4-21/h3-6,17,19H,7-16,18H2,1-2H3,(H,33,36)(H,35,37,38,41). The highest BCUT2D eigenvalue weighted by atomic mass is 19.3. The Balaban J connectivity index is 1.21. The first-order valence-electron chi connectivity index (χ1n) is 14.5. The molecule has 10 nitrogen and oxygen atoms in total. The van der Waals surface area contributed by atoms with Gasteiger partial charge in [-0.1, -0.05) is 12.1 Å². The van der Waals surface area contributed by atoms with Crippen LogP contribution in [0.15, 0.2) is 36.5 Å². The average Bonchev–Trinajstić information content (AvgIpc) is 3.74. The first-order valence-corrected chi connectivity index (χ1v) is 14.5. The van der Waals surface area contributed by atoms with Crippen molar-refractivity contribution in [2.24, 2.45) is 5.41 Å². The number of aromatic nitrogens is 4. The number of rotatable bonds is 8. The molecule has 0 unspecified atom stereocenters. The van der Waals surface area contributed by atoms with Crippen LogP contribution in [0.1, 0.15) is 60.3 Å². The third-order valence-electron chi connectivity index (χ3n) is 8.54. The number of hydrogen-bond donors (Lipinski definition) is 2. The molecule has 3 aromatic rings. The first kappa shape index (κ1) is 28.0. The lowest BCUT2D eigenvalue weighted by Gasteiger charge is -2.33. The van der Waals surface area contributed by atoms with E-state index in [2.05, 4.69) is 30.5 Å². The Morgan fingerprint density at radius 1 is 0.929 bits per heavy atom. The maximum Gasteiger partial charge on any atom is 0.279 e. The summed E-state index contributed by atoms with van der Waals surface area (Å²) in [6, 6.07) is 9.44. The molecule has 2 N–H and O–H groups in total. The molecule has 0 radical (unpaired) electrons. The van der Waals surface area contributed by atoms with Crippen molar-refractivity contribution < 1.29 is 18.3 Å². The van der Waals surface area contributed by atoms with E-state index in [1.165, 1.54) is 12.8 Å². The summed E-state index contributed by atoms with van der Waals surface area (Å²) < 4.78 is 32.6. The van der Waals surface area contributed by atoms with Gasteiger partial charge in [0.25, 0.3) is 11.8 Å². The van der Waals surface area contributed by atoms with Crippen molar-refractivity contribution in [1.82, 2.24) is 19.9 Å². The highest BCUT2D eigenvalue weighted by molar-refractivity contribution is 6.05. The van der Waals surface area contributed by atoms with E-state index in [9.17, 15) is 13.6 Å². The monoisotopic (exact) mass is 578 g/mol. The molecule has 0 atom stereocenters. The predicted molar refractivity (Wildman–Crippen MR) is 157 cm³/mol. The molecule has 2 aliphatic heterocycles. The van der Waals surface area contributed by atoms with Gasteiger partial charge in [0.2, 0.25) is 5.95 Å². The molecule has 0 bridgehead atoms. The number of halogens is 2. The maximum absolute atomic E-state index is 13.7. The average molecular weight is 579 g/mol. The molecule has 4 heterocycles. The van der Waals surface area contributed by atoms with E-state index in [4.69, 9.17) is 9.72 Å². The van der Waals surface area contributed by atoms with E-state index in [-0.39, 0.29) is 31.6 Å². The predicted octanol–water partition coefficient (Wildman–Crippen LogP) is 5.06. The van der Waals surface area contributed by atoms with Crippen LogP contribution >= 0.6 is 0 Å². The number of benzene rings is 1. The Morgan fingerprint density at radius 2 is 1.62 bits per heavy atom. The lowest BCUT2D eigenvalue weighted by atomic mass is 9.93. The van der Waals surface area contributed by atoms with Crippen LogP contribution in [-0.4, -0.2) is 65.1 Å². The van der Waals surface area contributed by atoms with Gasteiger partial charge in [-0.25, -0.2) is 23.7 Å². The van der Waals surface area contributed by atoms with Gasteiger partial charge in [0.15, 0.2) is 11.5 Å². The number of alkyl halides is 2. The topological polar surface area (TPSA) is 108 Å². The number of hydrogen-bond acceptors (Lipinski definition) is 9. The minimum absolute atomic E-state index is 0.154. The van der Waals surface area contributed by atoms with Gasteiger partial charge >= 0.3 is 0 Å². The molecule has 12 heteroatoms.